The Morgan fingerprint density at radius 3 is 2.45 bits per heavy atom. The lowest BCUT2D eigenvalue weighted by Crippen LogP contribution is -2.25. The summed E-state index contributed by atoms with van der Waals surface area (Å²) in [5, 5.41) is 0.407. The van der Waals surface area contributed by atoms with Gasteiger partial charge in [0.05, 0.1) is 15.9 Å². The van der Waals surface area contributed by atoms with Gasteiger partial charge >= 0.3 is 5.69 Å². The van der Waals surface area contributed by atoms with E-state index >= 15 is 0 Å². The third kappa shape index (κ3) is 2.18. The fraction of sp³-hybridized carbons (Fsp3) is 0.0714. The molecule has 114 valence electrons. The normalized spacial score (nSPS) is 11.9. The van der Waals surface area contributed by atoms with E-state index in [0.717, 1.165) is 5.56 Å². The van der Waals surface area contributed by atoms with Gasteiger partial charge in [0.15, 0.2) is 0 Å². The molecule has 3 aromatic rings. The molecule has 1 heterocycles. The first-order valence-corrected chi connectivity index (χ1v) is 8.14. The van der Waals surface area contributed by atoms with Crippen molar-refractivity contribution in [3.63, 3.8) is 0 Å². The van der Waals surface area contributed by atoms with E-state index in [1.54, 1.807) is 13.0 Å². The Morgan fingerprint density at radius 1 is 1.18 bits per heavy atom. The van der Waals surface area contributed by atoms with Crippen molar-refractivity contribution in [2.24, 2.45) is 0 Å². The van der Waals surface area contributed by atoms with Gasteiger partial charge in [-0.05, 0) is 48.9 Å². The average molecular weight is 338 g/mol. The minimum absolute atomic E-state index is 0.0287. The van der Waals surface area contributed by atoms with Gasteiger partial charge in [-0.15, -0.1) is 0 Å². The first-order chi connectivity index (χ1) is 10.3. The highest BCUT2D eigenvalue weighted by molar-refractivity contribution is 7.90. The van der Waals surface area contributed by atoms with Gasteiger partial charge in [-0.1, -0.05) is 11.6 Å². The van der Waals surface area contributed by atoms with Crippen molar-refractivity contribution in [3.05, 3.63) is 57.5 Å². The fourth-order valence-electron chi connectivity index (χ4n) is 2.21. The van der Waals surface area contributed by atoms with Gasteiger partial charge in [0.25, 0.3) is 10.0 Å². The summed E-state index contributed by atoms with van der Waals surface area (Å²) >= 11 is 5.77. The number of benzene rings is 2. The maximum absolute atomic E-state index is 12.7. The number of aromatic nitrogens is 2. The van der Waals surface area contributed by atoms with Crippen molar-refractivity contribution in [1.82, 2.24) is 8.96 Å². The molecule has 0 atom stereocenters. The maximum Gasteiger partial charge on any atom is 0.340 e. The van der Waals surface area contributed by atoms with Crippen LogP contribution in [-0.2, 0) is 10.0 Å². The van der Waals surface area contributed by atoms with E-state index < -0.39 is 15.7 Å². The predicted octanol–water partition coefficient (Wildman–Crippen LogP) is 2.11. The maximum atomic E-state index is 12.7. The second-order valence-corrected chi connectivity index (χ2v) is 7.10. The third-order valence-corrected chi connectivity index (χ3v) is 5.34. The summed E-state index contributed by atoms with van der Waals surface area (Å²) < 4.78 is 26.1. The zero-order valence-electron chi connectivity index (χ0n) is 11.5. The molecule has 1 aromatic heterocycles. The summed E-state index contributed by atoms with van der Waals surface area (Å²) in [6.45, 7) is 1.78. The number of nitrogens with zero attached hydrogens (tertiary/aromatic N) is 1. The summed E-state index contributed by atoms with van der Waals surface area (Å²) in [6.07, 6.45) is 0. The molecule has 0 aliphatic rings. The lowest BCUT2D eigenvalue weighted by atomic mass is 10.2. The Kier molecular flexibility index (Phi) is 3.26. The summed E-state index contributed by atoms with van der Waals surface area (Å²) in [7, 11) is -4.04. The summed E-state index contributed by atoms with van der Waals surface area (Å²) in [5.41, 5.74) is 6.87. The van der Waals surface area contributed by atoms with E-state index in [-0.39, 0.29) is 10.4 Å². The van der Waals surface area contributed by atoms with Crippen molar-refractivity contribution >= 4 is 38.3 Å². The minimum atomic E-state index is -4.04. The highest BCUT2D eigenvalue weighted by atomic mass is 35.5. The van der Waals surface area contributed by atoms with E-state index in [4.69, 9.17) is 17.3 Å². The van der Waals surface area contributed by atoms with Crippen LogP contribution in [0.4, 0.5) is 5.69 Å². The van der Waals surface area contributed by atoms with Gasteiger partial charge in [-0.25, -0.2) is 13.2 Å². The number of nitrogens with two attached hydrogens (primary N) is 1. The van der Waals surface area contributed by atoms with Crippen LogP contribution >= 0.6 is 11.6 Å². The molecule has 0 amide bonds. The fourth-order valence-corrected chi connectivity index (χ4v) is 3.70. The smallest absolute Gasteiger partial charge is 0.340 e. The number of hydrogen-bond acceptors (Lipinski definition) is 4. The molecule has 0 fully saturated rings. The van der Waals surface area contributed by atoms with Crippen LogP contribution in [0.1, 0.15) is 5.56 Å². The topological polar surface area (TPSA) is 98.0 Å². The first-order valence-electron chi connectivity index (χ1n) is 6.33. The standard InChI is InChI=1S/C14H12ClN3O3S/c1-8-6-12-13(7-11(8)16)18(14(19)17-12)22(20,21)10-4-2-9(15)3-5-10/h2-7H,16H2,1H3,(H,17,19). The van der Waals surface area contributed by atoms with Crippen LogP contribution in [-0.4, -0.2) is 17.4 Å². The van der Waals surface area contributed by atoms with E-state index in [1.165, 1.54) is 30.3 Å². The van der Waals surface area contributed by atoms with Crippen molar-refractivity contribution < 1.29 is 8.42 Å². The van der Waals surface area contributed by atoms with E-state index in [2.05, 4.69) is 4.98 Å². The van der Waals surface area contributed by atoms with Crippen LogP contribution in [0.15, 0.2) is 46.1 Å². The second-order valence-electron chi connectivity index (χ2n) is 4.88. The molecular formula is C14H12ClN3O3S. The molecule has 2 aromatic carbocycles. The van der Waals surface area contributed by atoms with Crippen molar-refractivity contribution in [3.8, 4) is 0 Å². The number of nitrogen functional groups attached to an aromatic ring is 1. The Morgan fingerprint density at radius 2 is 1.82 bits per heavy atom. The minimum Gasteiger partial charge on any atom is -0.398 e. The Balaban J connectivity index is 2.34. The van der Waals surface area contributed by atoms with Crippen LogP contribution in [0.3, 0.4) is 0 Å². The number of imidazole rings is 1. The van der Waals surface area contributed by atoms with E-state index in [1.807, 2.05) is 0 Å². The van der Waals surface area contributed by atoms with Crippen LogP contribution in [0.25, 0.3) is 11.0 Å². The van der Waals surface area contributed by atoms with Gasteiger partial charge in [0.1, 0.15) is 0 Å². The monoisotopic (exact) mass is 337 g/mol. The number of anilines is 1. The average Bonchev–Trinajstić information content (AvgIpc) is 2.75. The third-order valence-electron chi connectivity index (χ3n) is 3.38. The van der Waals surface area contributed by atoms with Gasteiger partial charge in [-0.3, -0.25) is 0 Å². The number of rotatable bonds is 2. The molecular weight excluding hydrogens is 326 g/mol. The number of nitrogens with one attached hydrogen (secondary N) is 1. The van der Waals surface area contributed by atoms with Crippen molar-refractivity contribution in [2.75, 3.05) is 5.73 Å². The zero-order chi connectivity index (χ0) is 16.1. The summed E-state index contributed by atoms with van der Waals surface area (Å²) in [6, 6.07) is 8.70. The highest BCUT2D eigenvalue weighted by Crippen LogP contribution is 2.23. The Bertz CT molecular complexity index is 1030. The molecule has 6 nitrogen and oxygen atoms in total. The SMILES string of the molecule is Cc1cc2[nH]c(=O)n(S(=O)(=O)c3ccc(Cl)cc3)c2cc1N. The molecule has 8 heteroatoms. The number of fused-ring (bicyclic) bond motifs is 1. The lowest BCUT2D eigenvalue weighted by molar-refractivity contribution is 0.587. The molecule has 0 saturated carbocycles. The zero-order valence-corrected chi connectivity index (χ0v) is 13.1. The van der Waals surface area contributed by atoms with Crippen LogP contribution in [0, 0.1) is 6.92 Å². The van der Waals surface area contributed by atoms with E-state index in [0.29, 0.717) is 20.2 Å². The highest BCUT2D eigenvalue weighted by Gasteiger charge is 2.23. The molecule has 0 aliphatic heterocycles. The molecule has 3 N–H and O–H groups in total. The molecule has 3 rings (SSSR count). The predicted molar refractivity (Wildman–Crippen MR) is 85.7 cm³/mol. The van der Waals surface area contributed by atoms with Crippen LogP contribution in [0.5, 0.6) is 0 Å². The largest absolute Gasteiger partial charge is 0.398 e. The summed E-state index contributed by atoms with van der Waals surface area (Å²) in [4.78, 5) is 14.6. The second kappa shape index (κ2) is 4.89. The van der Waals surface area contributed by atoms with Crippen LogP contribution in [0.2, 0.25) is 5.02 Å². The van der Waals surface area contributed by atoms with Gasteiger partial charge in [0, 0.05) is 10.7 Å². The number of aromatic amines is 1. The molecule has 0 bridgehead atoms. The molecule has 0 aliphatic carbocycles. The van der Waals surface area contributed by atoms with E-state index in [9.17, 15) is 13.2 Å². The molecule has 0 radical (unpaired) electrons. The Labute approximate surface area is 131 Å². The molecule has 0 unspecified atom stereocenters. The number of aryl methyl sites for hydroxylation is 1. The lowest BCUT2D eigenvalue weighted by Gasteiger charge is -2.07. The quantitative estimate of drug-likeness (QED) is 0.700. The van der Waals surface area contributed by atoms with Gasteiger partial charge in [-0.2, -0.15) is 3.97 Å². The summed E-state index contributed by atoms with van der Waals surface area (Å²) in [5.74, 6) is 0. The van der Waals surface area contributed by atoms with Gasteiger partial charge in [0.2, 0.25) is 0 Å². The van der Waals surface area contributed by atoms with Crippen molar-refractivity contribution in [1.29, 1.82) is 0 Å². The Hall–Kier alpha value is -2.25. The molecule has 0 spiro atoms. The first kappa shape index (κ1) is 14.7. The molecule has 0 saturated heterocycles. The van der Waals surface area contributed by atoms with Crippen LogP contribution < -0.4 is 11.4 Å². The van der Waals surface area contributed by atoms with Gasteiger partial charge < -0.3 is 10.7 Å². The number of hydrogen-bond donors (Lipinski definition) is 2. The number of halogens is 1. The number of H-pyrrole nitrogens is 1. The molecule has 22 heavy (non-hydrogen) atoms. The van der Waals surface area contributed by atoms with Crippen molar-refractivity contribution in [2.45, 2.75) is 11.8 Å².